The maximum absolute atomic E-state index is 13.5. The van der Waals surface area contributed by atoms with Crippen molar-refractivity contribution >= 4 is 27.7 Å². The average Bonchev–Trinajstić information content (AvgIpc) is 3.30. The minimum Gasteiger partial charge on any atom is -0.504 e. The van der Waals surface area contributed by atoms with Crippen LogP contribution in [-0.2, 0) is 6.42 Å². The van der Waals surface area contributed by atoms with Gasteiger partial charge in [-0.15, -0.1) is 0 Å². The predicted octanol–water partition coefficient (Wildman–Crippen LogP) is 4.44. The Morgan fingerprint density at radius 3 is 2.68 bits per heavy atom. The van der Waals surface area contributed by atoms with Gasteiger partial charge < -0.3 is 30.4 Å². The summed E-state index contributed by atoms with van der Waals surface area (Å²) in [5.41, 5.74) is 5.01. The average molecular weight is 498 g/mol. The van der Waals surface area contributed by atoms with Gasteiger partial charge >= 0.3 is 0 Å². The van der Waals surface area contributed by atoms with E-state index >= 15 is 0 Å². The van der Waals surface area contributed by atoms with Gasteiger partial charge in [0.15, 0.2) is 11.5 Å². The minimum atomic E-state index is -0.513. The second kappa shape index (κ2) is 9.83. The van der Waals surface area contributed by atoms with E-state index in [0.29, 0.717) is 34.1 Å². The Morgan fingerprint density at radius 1 is 1.08 bits per heavy atom. The summed E-state index contributed by atoms with van der Waals surface area (Å²) in [6, 6.07) is 17.4. The second-order valence-electron chi connectivity index (χ2n) is 9.04. The Labute approximate surface area is 213 Å². The van der Waals surface area contributed by atoms with Crippen molar-refractivity contribution in [1.82, 2.24) is 15.3 Å². The van der Waals surface area contributed by atoms with Gasteiger partial charge in [0, 0.05) is 28.0 Å². The number of aryl methyl sites for hydroxylation is 1. The number of nitrogens with one attached hydrogen (secondary N) is 2. The highest BCUT2D eigenvalue weighted by atomic mass is 16.5. The maximum atomic E-state index is 13.5. The summed E-state index contributed by atoms with van der Waals surface area (Å²) >= 11 is 0. The number of nitrogens with zero attached hydrogens (tertiary/aromatic N) is 1. The third kappa shape index (κ3) is 4.66. The lowest BCUT2D eigenvalue weighted by atomic mass is 10.0. The van der Waals surface area contributed by atoms with Crippen molar-refractivity contribution in [3.8, 4) is 28.5 Å². The van der Waals surface area contributed by atoms with Crippen LogP contribution >= 0.6 is 0 Å². The van der Waals surface area contributed by atoms with Crippen LogP contribution in [0.2, 0.25) is 0 Å². The molecule has 0 saturated carbocycles. The summed E-state index contributed by atoms with van der Waals surface area (Å²) in [7, 11) is 1.38. The zero-order valence-corrected chi connectivity index (χ0v) is 20.4. The number of pyridine rings is 1. The number of amides is 1. The number of carbonyl (C=O) groups is 1. The van der Waals surface area contributed by atoms with Crippen LogP contribution in [-0.4, -0.2) is 51.0 Å². The topological polar surface area (TPSA) is 128 Å². The van der Waals surface area contributed by atoms with Crippen LogP contribution in [0.25, 0.3) is 33.1 Å². The van der Waals surface area contributed by atoms with Gasteiger partial charge in [0.25, 0.3) is 5.91 Å². The Balaban J connectivity index is 1.49. The number of ether oxygens (including phenoxy) is 1. The first-order valence-electron chi connectivity index (χ1n) is 11.9. The molecule has 0 fully saturated rings. The first kappa shape index (κ1) is 24.1. The van der Waals surface area contributed by atoms with E-state index in [4.69, 9.17) is 4.74 Å². The molecule has 0 unspecified atom stereocenters. The third-order valence-electron chi connectivity index (χ3n) is 6.48. The van der Waals surface area contributed by atoms with Crippen molar-refractivity contribution < 1.29 is 24.9 Å². The normalized spacial score (nSPS) is 12.1. The van der Waals surface area contributed by atoms with Crippen LogP contribution in [0.1, 0.15) is 21.5 Å². The molecule has 8 nitrogen and oxygen atoms in total. The molecular formula is C29H27N3O5. The Hall–Kier alpha value is -4.56. The van der Waals surface area contributed by atoms with Crippen LogP contribution in [0, 0.1) is 6.92 Å². The number of hydrogen-bond donors (Lipinski definition) is 5. The lowest BCUT2D eigenvalue weighted by Crippen LogP contribution is -2.39. The molecule has 2 aromatic heterocycles. The van der Waals surface area contributed by atoms with E-state index in [1.807, 2.05) is 43.5 Å². The highest BCUT2D eigenvalue weighted by Crippen LogP contribution is 2.39. The van der Waals surface area contributed by atoms with E-state index in [-0.39, 0.29) is 29.8 Å². The number of para-hydroxylation sites is 1. The number of aliphatic hydroxyl groups excluding tert-OH is 1. The molecule has 0 bridgehead atoms. The van der Waals surface area contributed by atoms with Crippen molar-refractivity contribution in [3.05, 3.63) is 83.6 Å². The number of fused-ring (bicyclic) bond motifs is 2. The molecule has 5 N–H and O–H groups in total. The van der Waals surface area contributed by atoms with E-state index in [1.54, 1.807) is 18.2 Å². The molecule has 8 heteroatoms. The largest absolute Gasteiger partial charge is 0.504 e. The number of aromatic amines is 1. The molecule has 188 valence electrons. The summed E-state index contributed by atoms with van der Waals surface area (Å²) in [6.07, 6.45) is 2.35. The van der Waals surface area contributed by atoms with Crippen molar-refractivity contribution in [2.24, 2.45) is 0 Å². The van der Waals surface area contributed by atoms with Crippen LogP contribution in [0.5, 0.6) is 17.2 Å². The smallest absolute Gasteiger partial charge is 0.252 e. The van der Waals surface area contributed by atoms with Gasteiger partial charge in [-0.2, -0.15) is 0 Å². The highest BCUT2D eigenvalue weighted by Gasteiger charge is 2.20. The van der Waals surface area contributed by atoms with E-state index in [2.05, 4.69) is 21.4 Å². The molecule has 0 aliphatic carbocycles. The zero-order chi connectivity index (χ0) is 26.1. The van der Waals surface area contributed by atoms with Crippen LogP contribution < -0.4 is 10.1 Å². The lowest BCUT2D eigenvalue weighted by molar-refractivity contribution is 0.0918. The number of aromatic nitrogens is 2. The van der Waals surface area contributed by atoms with Gasteiger partial charge in [0.1, 0.15) is 0 Å². The number of methoxy groups -OCH3 is 1. The van der Waals surface area contributed by atoms with E-state index in [0.717, 1.165) is 22.0 Å². The zero-order valence-electron chi connectivity index (χ0n) is 20.4. The summed E-state index contributed by atoms with van der Waals surface area (Å²) in [6.45, 7) is 1.79. The third-order valence-corrected chi connectivity index (χ3v) is 6.48. The van der Waals surface area contributed by atoms with Crippen molar-refractivity contribution in [2.45, 2.75) is 19.4 Å². The number of phenols is 2. The quantitative estimate of drug-likeness (QED) is 0.212. The molecule has 0 radical (unpaired) electrons. The number of aromatic hydroxyl groups is 2. The maximum Gasteiger partial charge on any atom is 0.252 e. The summed E-state index contributed by atoms with van der Waals surface area (Å²) in [5, 5.41) is 34.9. The summed E-state index contributed by atoms with van der Waals surface area (Å²) in [5.74, 6) is -0.998. The fraction of sp³-hybridized carbons (Fsp3) is 0.172. The standard InChI is InChI=1S/C29H27N3O5/c1-16-7-8-20-18(14-30-25(20)9-16)10-19(15-33)31-29(36)22-13-24(32-23-6-4-3-5-21(22)23)17-11-26(34)28(35)27(12-17)37-2/h3-9,11-14,19,30,33-35H,10,15H2,1-2H3,(H,31,36)/t19-/m1/s1. The fourth-order valence-electron chi connectivity index (χ4n) is 4.57. The summed E-state index contributed by atoms with van der Waals surface area (Å²) in [4.78, 5) is 21.4. The minimum absolute atomic E-state index is 0.0882. The number of phenolic OH excluding ortho intramolecular Hbond substituents is 2. The first-order valence-corrected chi connectivity index (χ1v) is 11.9. The van der Waals surface area contributed by atoms with Crippen molar-refractivity contribution in [2.75, 3.05) is 13.7 Å². The summed E-state index contributed by atoms with van der Waals surface area (Å²) < 4.78 is 5.16. The predicted molar refractivity (Wildman–Crippen MR) is 142 cm³/mol. The molecular weight excluding hydrogens is 470 g/mol. The Morgan fingerprint density at radius 2 is 1.89 bits per heavy atom. The Kier molecular flexibility index (Phi) is 6.42. The molecule has 37 heavy (non-hydrogen) atoms. The SMILES string of the molecule is COc1cc(-c2cc(C(=O)N[C@@H](CO)Cc3c[nH]c4cc(C)ccc34)c3ccccc3n2)cc(O)c1O. The number of hydrogen-bond acceptors (Lipinski definition) is 6. The molecule has 0 spiro atoms. The second-order valence-corrected chi connectivity index (χ2v) is 9.04. The number of benzene rings is 3. The Bertz CT molecular complexity index is 1630. The molecule has 1 amide bonds. The fourth-order valence-corrected chi connectivity index (χ4v) is 4.57. The molecule has 1 atom stereocenters. The number of carbonyl (C=O) groups excluding carboxylic acids is 1. The van der Waals surface area contributed by atoms with Gasteiger partial charge in [-0.25, -0.2) is 4.98 Å². The van der Waals surface area contributed by atoms with E-state index < -0.39 is 6.04 Å². The van der Waals surface area contributed by atoms with Crippen LogP contribution in [0.4, 0.5) is 0 Å². The van der Waals surface area contributed by atoms with Crippen molar-refractivity contribution in [3.63, 3.8) is 0 Å². The van der Waals surface area contributed by atoms with Crippen molar-refractivity contribution in [1.29, 1.82) is 0 Å². The number of H-pyrrole nitrogens is 1. The highest BCUT2D eigenvalue weighted by molar-refractivity contribution is 6.07. The van der Waals surface area contributed by atoms with Gasteiger partial charge in [0.05, 0.1) is 36.5 Å². The van der Waals surface area contributed by atoms with E-state index in [9.17, 15) is 20.1 Å². The van der Waals surface area contributed by atoms with Crippen LogP contribution in [0.3, 0.4) is 0 Å². The molecule has 0 aliphatic heterocycles. The van der Waals surface area contributed by atoms with Gasteiger partial charge in [-0.1, -0.05) is 30.3 Å². The van der Waals surface area contributed by atoms with E-state index in [1.165, 1.54) is 13.2 Å². The number of aliphatic hydroxyl groups is 1. The monoisotopic (exact) mass is 497 g/mol. The van der Waals surface area contributed by atoms with Gasteiger partial charge in [-0.3, -0.25) is 4.79 Å². The molecule has 3 aromatic carbocycles. The molecule has 2 heterocycles. The molecule has 0 aliphatic rings. The van der Waals surface area contributed by atoms with Crippen LogP contribution in [0.15, 0.2) is 66.9 Å². The molecule has 5 rings (SSSR count). The van der Waals surface area contributed by atoms with Gasteiger partial charge in [0.2, 0.25) is 5.75 Å². The molecule has 0 saturated heterocycles. The molecule has 5 aromatic rings. The lowest BCUT2D eigenvalue weighted by Gasteiger charge is -2.18. The number of rotatable bonds is 7. The first-order chi connectivity index (χ1) is 17.9. The van der Waals surface area contributed by atoms with Gasteiger partial charge in [-0.05, 0) is 54.8 Å².